The predicted molar refractivity (Wildman–Crippen MR) is 67.1 cm³/mol. The van der Waals surface area contributed by atoms with Crippen LogP contribution in [-0.2, 0) is 6.54 Å². The van der Waals surface area contributed by atoms with Gasteiger partial charge in [0.05, 0.1) is 11.3 Å². The highest BCUT2D eigenvalue weighted by atomic mass is 16.1. The number of rotatable bonds is 3. The molecule has 1 amide bonds. The van der Waals surface area contributed by atoms with E-state index in [4.69, 9.17) is 0 Å². The first-order valence-corrected chi connectivity index (χ1v) is 6.48. The summed E-state index contributed by atoms with van der Waals surface area (Å²) in [5.74, 6) is 0.0478. The van der Waals surface area contributed by atoms with E-state index in [2.05, 4.69) is 10.4 Å². The molecule has 1 fully saturated rings. The monoisotopic (exact) mass is 235 g/mol. The van der Waals surface area contributed by atoms with Gasteiger partial charge in [0.15, 0.2) is 0 Å². The topological polar surface area (TPSA) is 46.9 Å². The fourth-order valence-corrected chi connectivity index (χ4v) is 2.66. The number of aryl methyl sites for hydroxylation is 2. The van der Waals surface area contributed by atoms with Crippen LogP contribution in [0.4, 0.5) is 0 Å². The molecule has 1 saturated carbocycles. The summed E-state index contributed by atoms with van der Waals surface area (Å²) in [4.78, 5) is 12.2. The second-order valence-electron chi connectivity index (χ2n) is 4.82. The highest BCUT2D eigenvalue weighted by molar-refractivity contribution is 5.96. The zero-order chi connectivity index (χ0) is 12.4. The lowest BCUT2D eigenvalue weighted by Crippen LogP contribution is -2.33. The number of carbonyl (C=O) groups excluding carboxylic acids is 1. The standard InChI is InChI=1S/C13H21N3O/c1-4-16-10(3)12(9(2)15-16)13(17)14-11-7-5-6-8-11/h11H,4-8H2,1-3H3,(H,14,17). The molecule has 2 rings (SSSR count). The van der Waals surface area contributed by atoms with Gasteiger partial charge in [-0.3, -0.25) is 9.48 Å². The van der Waals surface area contributed by atoms with Gasteiger partial charge in [0.1, 0.15) is 0 Å². The van der Waals surface area contributed by atoms with Gasteiger partial charge in [-0.05, 0) is 33.6 Å². The number of amides is 1. The van der Waals surface area contributed by atoms with Crippen molar-refractivity contribution in [3.05, 3.63) is 17.0 Å². The summed E-state index contributed by atoms with van der Waals surface area (Å²) in [7, 11) is 0. The molecular formula is C13H21N3O. The van der Waals surface area contributed by atoms with Gasteiger partial charge in [-0.25, -0.2) is 0 Å². The lowest BCUT2D eigenvalue weighted by molar-refractivity contribution is 0.0936. The second-order valence-corrected chi connectivity index (χ2v) is 4.82. The van der Waals surface area contributed by atoms with Crippen LogP contribution in [-0.4, -0.2) is 21.7 Å². The summed E-state index contributed by atoms with van der Waals surface area (Å²) in [6.45, 7) is 6.72. The molecule has 1 aliphatic rings. The van der Waals surface area contributed by atoms with Crippen molar-refractivity contribution in [3.8, 4) is 0 Å². The number of nitrogens with one attached hydrogen (secondary N) is 1. The van der Waals surface area contributed by atoms with Crippen LogP contribution in [0.3, 0.4) is 0 Å². The minimum absolute atomic E-state index is 0.0478. The third-order valence-electron chi connectivity index (χ3n) is 3.60. The molecule has 0 saturated heterocycles. The molecule has 1 aromatic rings. The third-order valence-corrected chi connectivity index (χ3v) is 3.60. The van der Waals surface area contributed by atoms with Gasteiger partial charge in [0, 0.05) is 18.3 Å². The van der Waals surface area contributed by atoms with Crippen LogP contribution < -0.4 is 5.32 Å². The fourth-order valence-electron chi connectivity index (χ4n) is 2.66. The highest BCUT2D eigenvalue weighted by Gasteiger charge is 2.22. The van der Waals surface area contributed by atoms with Crippen molar-refractivity contribution in [2.75, 3.05) is 0 Å². The summed E-state index contributed by atoms with van der Waals surface area (Å²) < 4.78 is 1.89. The molecule has 17 heavy (non-hydrogen) atoms. The van der Waals surface area contributed by atoms with Crippen LogP contribution in [0.1, 0.15) is 54.4 Å². The van der Waals surface area contributed by atoms with Gasteiger partial charge < -0.3 is 5.32 Å². The number of hydrogen-bond donors (Lipinski definition) is 1. The van der Waals surface area contributed by atoms with Crippen LogP contribution in [0.25, 0.3) is 0 Å². The molecule has 0 aromatic carbocycles. The third kappa shape index (κ3) is 2.35. The molecule has 0 bridgehead atoms. The normalized spacial score (nSPS) is 16.4. The molecule has 4 nitrogen and oxygen atoms in total. The van der Waals surface area contributed by atoms with E-state index in [0.717, 1.165) is 36.3 Å². The molecule has 1 aromatic heterocycles. The quantitative estimate of drug-likeness (QED) is 0.873. The van der Waals surface area contributed by atoms with Crippen molar-refractivity contribution in [3.63, 3.8) is 0 Å². The average Bonchev–Trinajstić information content (AvgIpc) is 2.87. The molecule has 0 unspecified atom stereocenters. The molecule has 1 heterocycles. The Labute approximate surface area is 102 Å². The Kier molecular flexibility index (Phi) is 3.50. The van der Waals surface area contributed by atoms with Crippen LogP contribution in [0, 0.1) is 13.8 Å². The first kappa shape index (κ1) is 12.1. The lowest BCUT2D eigenvalue weighted by Gasteiger charge is -2.12. The highest BCUT2D eigenvalue weighted by Crippen LogP contribution is 2.19. The Balaban J connectivity index is 2.15. The van der Waals surface area contributed by atoms with Crippen molar-refractivity contribution < 1.29 is 4.79 Å². The van der Waals surface area contributed by atoms with Gasteiger partial charge in [-0.15, -0.1) is 0 Å². The summed E-state index contributed by atoms with van der Waals surface area (Å²) in [6, 6.07) is 0.367. The van der Waals surface area contributed by atoms with Gasteiger partial charge in [0.2, 0.25) is 0 Å². The van der Waals surface area contributed by atoms with E-state index in [-0.39, 0.29) is 5.91 Å². The molecule has 0 atom stereocenters. The van der Waals surface area contributed by atoms with E-state index in [9.17, 15) is 4.79 Å². The first-order valence-electron chi connectivity index (χ1n) is 6.48. The van der Waals surface area contributed by atoms with Gasteiger partial charge >= 0.3 is 0 Å². The molecule has 4 heteroatoms. The largest absolute Gasteiger partial charge is 0.349 e. The van der Waals surface area contributed by atoms with E-state index >= 15 is 0 Å². The fraction of sp³-hybridized carbons (Fsp3) is 0.692. The smallest absolute Gasteiger partial charge is 0.255 e. The molecule has 94 valence electrons. The Bertz CT molecular complexity index is 417. The minimum atomic E-state index is 0.0478. The summed E-state index contributed by atoms with van der Waals surface area (Å²) >= 11 is 0. The lowest BCUT2D eigenvalue weighted by atomic mass is 10.1. The molecule has 0 aliphatic heterocycles. The summed E-state index contributed by atoms with van der Waals surface area (Å²) in [5.41, 5.74) is 2.57. The number of hydrogen-bond acceptors (Lipinski definition) is 2. The maximum Gasteiger partial charge on any atom is 0.255 e. The second kappa shape index (κ2) is 4.90. The van der Waals surface area contributed by atoms with E-state index in [0.29, 0.717) is 6.04 Å². The Hall–Kier alpha value is -1.32. The van der Waals surface area contributed by atoms with E-state index in [1.165, 1.54) is 12.8 Å². The maximum absolute atomic E-state index is 12.2. The molecule has 1 aliphatic carbocycles. The van der Waals surface area contributed by atoms with Gasteiger partial charge in [-0.2, -0.15) is 5.10 Å². The zero-order valence-corrected chi connectivity index (χ0v) is 10.9. The zero-order valence-electron chi connectivity index (χ0n) is 10.9. The predicted octanol–water partition coefficient (Wildman–Crippen LogP) is 2.19. The van der Waals surface area contributed by atoms with E-state index < -0.39 is 0 Å². The number of carbonyl (C=O) groups is 1. The van der Waals surface area contributed by atoms with Crippen LogP contribution in [0.15, 0.2) is 0 Å². The van der Waals surface area contributed by atoms with Crippen molar-refractivity contribution in [2.24, 2.45) is 0 Å². The van der Waals surface area contributed by atoms with Gasteiger partial charge in [0.25, 0.3) is 5.91 Å². The van der Waals surface area contributed by atoms with E-state index in [1.54, 1.807) is 0 Å². The minimum Gasteiger partial charge on any atom is -0.349 e. The Morgan fingerprint density at radius 1 is 1.41 bits per heavy atom. The molecule has 1 N–H and O–H groups in total. The van der Waals surface area contributed by atoms with Crippen molar-refractivity contribution in [2.45, 2.75) is 59.0 Å². The first-order chi connectivity index (χ1) is 8.13. The molecule has 0 spiro atoms. The van der Waals surface area contributed by atoms with Crippen LogP contribution >= 0.6 is 0 Å². The van der Waals surface area contributed by atoms with Crippen LogP contribution in [0.5, 0.6) is 0 Å². The maximum atomic E-state index is 12.2. The van der Waals surface area contributed by atoms with Crippen molar-refractivity contribution in [1.82, 2.24) is 15.1 Å². The number of nitrogens with zero attached hydrogens (tertiary/aromatic N) is 2. The van der Waals surface area contributed by atoms with Gasteiger partial charge in [-0.1, -0.05) is 12.8 Å². The van der Waals surface area contributed by atoms with Crippen molar-refractivity contribution in [1.29, 1.82) is 0 Å². The van der Waals surface area contributed by atoms with E-state index in [1.807, 2.05) is 25.5 Å². The summed E-state index contributed by atoms with van der Waals surface area (Å²) in [5, 5.41) is 7.50. The Morgan fingerprint density at radius 3 is 2.59 bits per heavy atom. The SMILES string of the molecule is CCn1nc(C)c(C(=O)NC2CCCC2)c1C. The summed E-state index contributed by atoms with van der Waals surface area (Å²) in [6.07, 6.45) is 4.70. The molecule has 0 radical (unpaired) electrons. The average molecular weight is 235 g/mol. The van der Waals surface area contributed by atoms with Crippen molar-refractivity contribution >= 4 is 5.91 Å². The number of aromatic nitrogens is 2. The van der Waals surface area contributed by atoms with Crippen LogP contribution in [0.2, 0.25) is 0 Å². The molecular weight excluding hydrogens is 214 g/mol. The Morgan fingerprint density at radius 2 is 2.06 bits per heavy atom.